The van der Waals surface area contributed by atoms with E-state index in [2.05, 4.69) is 15.3 Å². The van der Waals surface area contributed by atoms with Crippen LogP contribution in [-0.4, -0.2) is 33.1 Å². The van der Waals surface area contributed by atoms with Crippen LogP contribution < -0.4 is 10.9 Å². The van der Waals surface area contributed by atoms with Gasteiger partial charge >= 0.3 is 0 Å². The van der Waals surface area contributed by atoms with Gasteiger partial charge in [-0.05, 0) is 20.8 Å². The molecule has 6 nitrogen and oxygen atoms in total. The lowest BCUT2D eigenvalue weighted by Gasteiger charge is -2.23. The van der Waals surface area contributed by atoms with Crippen molar-refractivity contribution in [1.82, 2.24) is 15.3 Å². The van der Waals surface area contributed by atoms with Crippen LogP contribution in [0.5, 0.6) is 0 Å². The standard InChI is InChI=1S/C13H21N3O3/c1-7(2)10-14-8(3)9(11(18)15-10)12(19)16-13(4,5)6-17/h7,17H,6H2,1-5H3,(H,16,19)(H,14,15,18). The van der Waals surface area contributed by atoms with Crippen molar-refractivity contribution in [3.63, 3.8) is 0 Å². The van der Waals surface area contributed by atoms with Crippen molar-refractivity contribution in [2.75, 3.05) is 6.61 Å². The van der Waals surface area contributed by atoms with E-state index in [4.69, 9.17) is 5.11 Å². The summed E-state index contributed by atoms with van der Waals surface area (Å²) >= 11 is 0. The summed E-state index contributed by atoms with van der Waals surface area (Å²) in [4.78, 5) is 30.9. The lowest BCUT2D eigenvalue weighted by Crippen LogP contribution is -2.48. The van der Waals surface area contributed by atoms with Crippen molar-refractivity contribution >= 4 is 5.91 Å². The maximum Gasteiger partial charge on any atom is 0.264 e. The average Bonchev–Trinajstić information content (AvgIpc) is 2.27. The van der Waals surface area contributed by atoms with Crippen LogP contribution in [0.1, 0.15) is 55.5 Å². The largest absolute Gasteiger partial charge is 0.394 e. The second-order valence-electron chi connectivity index (χ2n) is 5.56. The number of nitrogens with one attached hydrogen (secondary N) is 2. The molecule has 106 valence electrons. The maximum atomic E-state index is 12.1. The molecule has 0 fully saturated rings. The van der Waals surface area contributed by atoms with E-state index >= 15 is 0 Å². The Morgan fingerprint density at radius 2 is 2.05 bits per heavy atom. The predicted molar refractivity (Wildman–Crippen MR) is 72.3 cm³/mol. The lowest BCUT2D eigenvalue weighted by atomic mass is 10.1. The van der Waals surface area contributed by atoms with E-state index in [0.717, 1.165) is 0 Å². The van der Waals surface area contributed by atoms with E-state index in [9.17, 15) is 9.59 Å². The third-order valence-electron chi connectivity index (χ3n) is 2.74. The minimum atomic E-state index is -0.785. The molecule has 0 aliphatic carbocycles. The number of rotatable bonds is 4. The Kier molecular flexibility index (Phi) is 4.47. The number of aromatic amines is 1. The number of carbonyl (C=O) groups is 1. The molecule has 0 unspecified atom stereocenters. The topological polar surface area (TPSA) is 95.1 Å². The molecule has 6 heteroatoms. The minimum Gasteiger partial charge on any atom is -0.394 e. The van der Waals surface area contributed by atoms with E-state index < -0.39 is 17.0 Å². The highest BCUT2D eigenvalue weighted by molar-refractivity contribution is 5.95. The van der Waals surface area contributed by atoms with Crippen molar-refractivity contribution < 1.29 is 9.90 Å². The zero-order valence-electron chi connectivity index (χ0n) is 12.0. The lowest BCUT2D eigenvalue weighted by molar-refractivity contribution is 0.0866. The van der Waals surface area contributed by atoms with Gasteiger partial charge in [-0.1, -0.05) is 13.8 Å². The highest BCUT2D eigenvalue weighted by Crippen LogP contribution is 2.09. The first-order valence-corrected chi connectivity index (χ1v) is 6.22. The van der Waals surface area contributed by atoms with Gasteiger partial charge in [0.05, 0.1) is 17.8 Å². The van der Waals surface area contributed by atoms with E-state index in [-0.39, 0.29) is 18.1 Å². The molecule has 0 saturated carbocycles. The summed E-state index contributed by atoms with van der Waals surface area (Å²) in [5, 5.41) is 11.7. The first kappa shape index (κ1) is 15.4. The Labute approximate surface area is 112 Å². The van der Waals surface area contributed by atoms with E-state index in [0.29, 0.717) is 11.5 Å². The molecule has 0 aromatic carbocycles. The van der Waals surface area contributed by atoms with Gasteiger partial charge in [-0.3, -0.25) is 9.59 Å². The van der Waals surface area contributed by atoms with Gasteiger partial charge in [0.25, 0.3) is 11.5 Å². The van der Waals surface area contributed by atoms with Crippen molar-refractivity contribution in [2.45, 2.75) is 46.1 Å². The van der Waals surface area contributed by atoms with Gasteiger partial charge in [0.2, 0.25) is 0 Å². The van der Waals surface area contributed by atoms with Gasteiger partial charge in [0, 0.05) is 5.92 Å². The number of aliphatic hydroxyl groups is 1. The molecule has 1 heterocycles. The molecule has 1 amide bonds. The normalized spacial score (nSPS) is 11.7. The van der Waals surface area contributed by atoms with E-state index in [1.165, 1.54) is 0 Å². The number of hydrogen-bond acceptors (Lipinski definition) is 4. The predicted octanol–water partition coefficient (Wildman–Crippen LogP) is 0.702. The molecule has 3 N–H and O–H groups in total. The van der Waals surface area contributed by atoms with Gasteiger partial charge < -0.3 is 15.4 Å². The summed E-state index contributed by atoms with van der Waals surface area (Å²) in [5.74, 6) is 0.110. The molecular formula is C13H21N3O3. The number of H-pyrrole nitrogens is 1. The summed E-state index contributed by atoms with van der Waals surface area (Å²) in [6, 6.07) is 0. The Hall–Kier alpha value is -1.69. The zero-order valence-corrected chi connectivity index (χ0v) is 12.0. The van der Waals surface area contributed by atoms with Crippen LogP contribution in [0.25, 0.3) is 0 Å². The van der Waals surface area contributed by atoms with Gasteiger partial charge in [0.15, 0.2) is 0 Å². The summed E-state index contributed by atoms with van der Waals surface area (Å²) in [6.45, 7) is 8.57. The Balaban J connectivity index is 3.15. The number of aliphatic hydroxyl groups excluding tert-OH is 1. The molecule has 0 saturated heterocycles. The van der Waals surface area contributed by atoms with Crippen LogP contribution in [0.4, 0.5) is 0 Å². The average molecular weight is 267 g/mol. The molecule has 19 heavy (non-hydrogen) atoms. The Bertz CT molecular complexity index is 532. The fraction of sp³-hybridized carbons (Fsp3) is 0.615. The summed E-state index contributed by atoms with van der Waals surface area (Å²) in [6.07, 6.45) is 0. The first-order valence-electron chi connectivity index (χ1n) is 6.22. The molecular weight excluding hydrogens is 246 g/mol. The van der Waals surface area contributed by atoms with Crippen LogP contribution in [0.2, 0.25) is 0 Å². The van der Waals surface area contributed by atoms with E-state index in [1.54, 1.807) is 20.8 Å². The molecule has 1 rings (SSSR count). The van der Waals surface area contributed by atoms with Crippen LogP contribution in [-0.2, 0) is 0 Å². The third kappa shape index (κ3) is 3.64. The van der Waals surface area contributed by atoms with Crippen LogP contribution in [0, 0.1) is 6.92 Å². The Morgan fingerprint density at radius 3 is 2.47 bits per heavy atom. The van der Waals surface area contributed by atoms with Gasteiger partial charge in [0.1, 0.15) is 11.4 Å². The molecule has 0 aliphatic rings. The molecule has 1 aromatic rings. The second-order valence-corrected chi connectivity index (χ2v) is 5.56. The summed E-state index contributed by atoms with van der Waals surface area (Å²) in [5.41, 5.74) is -0.862. The molecule has 0 bridgehead atoms. The van der Waals surface area contributed by atoms with Gasteiger partial charge in [-0.25, -0.2) is 4.98 Å². The number of amides is 1. The smallest absolute Gasteiger partial charge is 0.264 e. The van der Waals surface area contributed by atoms with Crippen LogP contribution in [0.15, 0.2) is 4.79 Å². The molecule has 0 radical (unpaired) electrons. The molecule has 1 aromatic heterocycles. The van der Waals surface area contributed by atoms with E-state index in [1.807, 2.05) is 13.8 Å². The molecule has 0 spiro atoms. The third-order valence-corrected chi connectivity index (χ3v) is 2.74. The van der Waals surface area contributed by atoms with Crippen molar-refractivity contribution in [3.8, 4) is 0 Å². The van der Waals surface area contributed by atoms with Crippen molar-refractivity contribution in [2.24, 2.45) is 0 Å². The maximum absolute atomic E-state index is 12.1. The fourth-order valence-corrected chi connectivity index (χ4v) is 1.56. The number of carbonyl (C=O) groups excluding carboxylic acids is 1. The number of hydrogen-bond donors (Lipinski definition) is 3. The molecule has 0 atom stereocenters. The van der Waals surface area contributed by atoms with Crippen LogP contribution in [0.3, 0.4) is 0 Å². The second kappa shape index (κ2) is 5.52. The summed E-state index contributed by atoms with van der Waals surface area (Å²) < 4.78 is 0. The quantitative estimate of drug-likeness (QED) is 0.748. The minimum absolute atomic E-state index is 0.00840. The highest BCUT2D eigenvalue weighted by Gasteiger charge is 2.24. The highest BCUT2D eigenvalue weighted by atomic mass is 16.3. The summed E-state index contributed by atoms with van der Waals surface area (Å²) in [7, 11) is 0. The SMILES string of the molecule is Cc1nc(C(C)C)[nH]c(=O)c1C(=O)NC(C)(C)CO. The number of aromatic nitrogens is 2. The zero-order chi connectivity index (χ0) is 14.8. The Morgan fingerprint density at radius 1 is 1.47 bits per heavy atom. The van der Waals surface area contributed by atoms with Crippen molar-refractivity contribution in [3.05, 3.63) is 27.4 Å². The van der Waals surface area contributed by atoms with Gasteiger partial charge in [-0.15, -0.1) is 0 Å². The molecule has 0 aliphatic heterocycles. The number of nitrogens with zero attached hydrogens (tertiary/aromatic N) is 1. The fourth-order valence-electron chi connectivity index (χ4n) is 1.56. The number of aryl methyl sites for hydroxylation is 1. The van der Waals surface area contributed by atoms with Gasteiger partial charge in [-0.2, -0.15) is 0 Å². The van der Waals surface area contributed by atoms with Crippen LogP contribution >= 0.6 is 0 Å². The van der Waals surface area contributed by atoms with Crippen molar-refractivity contribution in [1.29, 1.82) is 0 Å². The first-order chi connectivity index (χ1) is 8.68. The monoisotopic (exact) mass is 267 g/mol.